The first-order valence-electron chi connectivity index (χ1n) is 7.66. The van der Waals surface area contributed by atoms with Crippen molar-refractivity contribution in [3.63, 3.8) is 0 Å². The highest BCUT2D eigenvalue weighted by atomic mass is 16.5. The summed E-state index contributed by atoms with van der Waals surface area (Å²) in [5, 5.41) is 0. The Morgan fingerprint density at radius 3 is 2.57 bits per heavy atom. The molecule has 0 aromatic heterocycles. The molecule has 1 heterocycles. The summed E-state index contributed by atoms with van der Waals surface area (Å²) in [5.41, 5.74) is 3.46. The molecule has 114 valence electrons. The molecule has 0 N–H and O–H groups in total. The molecule has 1 saturated heterocycles. The summed E-state index contributed by atoms with van der Waals surface area (Å²) in [5.74, 6) is 0.406. The third-order valence-electron chi connectivity index (χ3n) is 3.94. The van der Waals surface area contributed by atoms with Gasteiger partial charge < -0.3 is 9.64 Å². The van der Waals surface area contributed by atoms with Crippen molar-refractivity contribution in [3.8, 4) is 0 Å². The Balaban J connectivity index is 2.24. The van der Waals surface area contributed by atoms with Crippen molar-refractivity contribution in [2.45, 2.75) is 33.7 Å². The Labute approximate surface area is 127 Å². The summed E-state index contributed by atoms with van der Waals surface area (Å²) in [4.78, 5) is 14.5. The number of nitrogens with zero attached hydrogens (tertiary/aromatic N) is 1. The van der Waals surface area contributed by atoms with Gasteiger partial charge in [-0.05, 0) is 30.9 Å². The fourth-order valence-corrected chi connectivity index (χ4v) is 2.60. The molecule has 0 saturated carbocycles. The van der Waals surface area contributed by atoms with Crippen molar-refractivity contribution in [1.29, 1.82) is 0 Å². The Morgan fingerprint density at radius 2 is 2.00 bits per heavy atom. The lowest BCUT2D eigenvalue weighted by atomic mass is 9.94. The first-order chi connectivity index (χ1) is 9.99. The summed E-state index contributed by atoms with van der Waals surface area (Å²) in [6.45, 7) is 10.3. The van der Waals surface area contributed by atoms with Crippen LogP contribution in [0.4, 0.5) is 0 Å². The van der Waals surface area contributed by atoms with Crippen molar-refractivity contribution < 1.29 is 9.53 Å². The van der Waals surface area contributed by atoms with E-state index in [-0.39, 0.29) is 11.9 Å². The highest BCUT2D eigenvalue weighted by molar-refractivity contribution is 5.95. The minimum atomic E-state index is 0.0927. The molecule has 1 aliphatic heterocycles. The molecule has 3 heteroatoms. The standard InChI is InChI=1S/C18H25NO2/c1-13(2)17(16-7-5-14(3)6-8-16)11-18(20)19-9-10-21-12-15(19)4/h5-8,11,13,15H,9-10,12H2,1-4H3/b17-11+. The number of carbonyl (C=O) groups excluding carboxylic acids is 1. The van der Waals surface area contributed by atoms with Crippen molar-refractivity contribution in [1.82, 2.24) is 4.90 Å². The quantitative estimate of drug-likeness (QED) is 0.798. The molecule has 1 unspecified atom stereocenters. The van der Waals surface area contributed by atoms with Crippen LogP contribution < -0.4 is 0 Å². The van der Waals surface area contributed by atoms with E-state index >= 15 is 0 Å². The highest BCUT2D eigenvalue weighted by Gasteiger charge is 2.23. The molecule has 0 spiro atoms. The number of rotatable bonds is 3. The highest BCUT2D eigenvalue weighted by Crippen LogP contribution is 2.24. The van der Waals surface area contributed by atoms with Crippen LogP contribution in [-0.2, 0) is 9.53 Å². The van der Waals surface area contributed by atoms with Crippen LogP contribution in [0.2, 0.25) is 0 Å². The van der Waals surface area contributed by atoms with Crippen LogP contribution in [0.1, 0.15) is 31.9 Å². The van der Waals surface area contributed by atoms with E-state index in [0.29, 0.717) is 25.7 Å². The van der Waals surface area contributed by atoms with Crippen molar-refractivity contribution in [2.75, 3.05) is 19.8 Å². The van der Waals surface area contributed by atoms with Crippen LogP contribution in [0.5, 0.6) is 0 Å². The van der Waals surface area contributed by atoms with Crippen LogP contribution in [0.25, 0.3) is 5.57 Å². The molecule has 1 aliphatic rings. The second kappa shape index (κ2) is 6.90. The predicted octanol–water partition coefficient (Wildman–Crippen LogP) is 3.28. The number of aryl methyl sites for hydroxylation is 1. The number of amides is 1. The Kier molecular flexibility index (Phi) is 5.18. The van der Waals surface area contributed by atoms with Crippen molar-refractivity contribution >= 4 is 11.5 Å². The average Bonchev–Trinajstić information content (AvgIpc) is 2.46. The second-order valence-corrected chi connectivity index (χ2v) is 6.08. The first-order valence-corrected chi connectivity index (χ1v) is 7.66. The predicted molar refractivity (Wildman–Crippen MR) is 86.0 cm³/mol. The Morgan fingerprint density at radius 1 is 1.33 bits per heavy atom. The van der Waals surface area contributed by atoms with Gasteiger partial charge in [0.05, 0.1) is 19.3 Å². The summed E-state index contributed by atoms with van der Waals surface area (Å²) in [6, 6.07) is 8.52. The summed E-state index contributed by atoms with van der Waals surface area (Å²) in [7, 11) is 0. The van der Waals surface area contributed by atoms with Crippen LogP contribution in [0, 0.1) is 12.8 Å². The zero-order valence-electron chi connectivity index (χ0n) is 13.4. The van der Waals surface area contributed by atoms with E-state index in [4.69, 9.17) is 4.74 Å². The van der Waals surface area contributed by atoms with Gasteiger partial charge in [0.15, 0.2) is 0 Å². The molecule has 2 rings (SSSR count). The first kappa shape index (κ1) is 15.8. The maximum atomic E-state index is 12.6. The summed E-state index contributed by atoms with van der Waals surface area (Å²) >= 11 is 0. The number of carbonyl (C=O) groups is 1. The SMILES string of the molecule is Cc1ccc(/C(=C/C(=O)N2CCOCC2C)C(C)C)cc1. The van der Waals surface area contributed by atoms with E-state index in [2.05, 4.69) is 45.0 Å². The zero-order valence-corrected chi connectivity index (χ0v) is 13.4. The molecule has 0 radical (unpaired) electrons. The van der Waals surface area contributed by atoms with E-state index in [1.54, 1.807) is 6.08 Å². The lowest BCUT2D eigenvalue weighted by molar-refractivity contribution is -0.133. The number of benzene rings is 1. The second-order valence-electron chi connectivity index (χ2n) is 6.08. The van der Waals surface area contributed by atoms with Gasteiger partial charge in [-0.2, -0.15) is 0 Å². The fraction of sp³-hybridized carbons (Fsp3) is 0.500. The minimum Gasteiger partial charge on any atom is -0.377 e. The number of hydrogen-bond donors (Lipinski definition) is 0. The lowest BCUT2D eigenvalue weighted by Gasteiger charge is -2.32. The van der Waals surface area contributed by atoms with Gasteiger partial charge in [0, 0.05) is 12.6 Å². The fourth-order valence-electron chi connectivity index (χ4n) is 2.60. The average molecular weight is 287 g/mol. The summed E-state index contributed by atoms with van der Waals surface area (Å²) in [6.07, 6.45) is 1.80. The van der Waals surface area contributed by atoms with Gasteiger partial charge >= 0.3 is 0 Å². The monoisotopic (exact) mass is 287 g/mol. The van der Waals surface area contributed by atoms with Crippen molar-refractivity contribution in [2.24, 2.45) is 5.92 Å². The molecule has 1 atom stereocenters. The van der Waals surface area contributed by atoms with E-state index < -0.39 is 0 Å². The van der Waals surface area contributed by atoms with Gasteiger partial charge in [0.25, 0.3) is 0 Å². The molecule has 0 aliphatic carbocycles. The number of allylic oxidation sites excluding steroid dienone is 1. The van der Waals surface area contributed by atoms with Crippen molar-refractivity contribution in [3.05, 3.63) is 41.5 Å². The Hall–Kier alpha value is -1.61. The topological polar surface area (TPSA) is 29.5 Å². The van der Waals surface area contributed by atoms with E-state index in [9.17, 15) is 4.79 Å². The molecule has 1 aromatic rings. The molecule has 1 aromatic carbocycles. The van der Waals surface area contributed by atoms with Crippen LogP contribution in [-0.4, -0.2) is 36.6 Å². The lowest BCUT2D eigenvalue weighted by Crippen LogP contribution is -2.46. The molecule has 3 nitrogen and oxygen atoms in total. The molecular formula is C18H25NO2. The molecule has 1 fully saturated rings. The van der Waals surface area contributed by atoms with Crippen LogP contribution in [0.15, 0.2) is 30.3 Å². The number of ether oxygens (including phenoxy) is 1. The van der Waals surface area contributed by atoms with E-state index in [1.807, 2.05) is 11.8 Å². The molecule has 1 amide bonds. The van der Waals surface area contributed by atoms with E-state index in [1.165, 1.54) is 5.56 Å². The Bertz CT molecular complexity index is 517. The van der Waals surface area contributed by atoms with Gasteiger partial charge in [-0.3, -0.25) is 4.79 Å². The zero-order chi connectivity index (χ0) is 15.4. The maximum Gasteiger partial charge on any atom is 0.247 e. The third-order valence-corrected chi connectivity index (χ3v) is 3.94. The molecule has 21 heavy (non-hydrogen) atoms. The van der Waals surface area contributed by atoms with Gasteiger partial charge in [-0.25, -0.2) is 0 Å². The van der Waals surface area contributed by atoms with Crippen LogP contribution >= 0.6 is 0 Å². The van der Waals surface area contributed by atoms with Gasteiger partial charge in [0.1, 0.15) is 0 Å². The van der Waals surface area contributed by atoms with E-state index in [0.717, 1.165) is 11.1 Å². The number of morpholine rings is 1. The van der Waals surface area contributed by atoms with Gasteiger partial charge in [-0.15, -0.1) is 0 Å². The third kappa shape index (κ3) is 3.94. The molecular weight excluding hydrogens is 262 g/mol. The molecule has 0 bridgehead atoms. The van der Waals surface area contributed by atoms with Gasteiger partial charge in [-0.1, -0.05) is 43.7 Å². The van der Waals surface area contributed by atoms with Gasteiger partial charge in [0.2, 0.25) is 5.91 Å². The van der Waals surface area contributed by atoms with Crippen LogP contribution in [0.3, 0.4) is 0 Å². The minimum absolute atomic E-state index is 0.0927. The number of hydrogen-bond acceptors (Lipinski definition) is 2. The maximum absolute atomic E-state index is 12.6. The summed E-state index contributed by atoms with van der Waals surface area (Å²) < 4.78 is 5.40. The smallest absolute Gasteiger partial charge is 0.247 e. The largest absolute Gasteiger partial charge is 0.377 e. The normalized spacial score (nSPS) is 20.0.